The maximum Gasteiger partial charge on any atom is 0.143 e. The fourth-order valence-corrected chi connectivity index (χ4v) is 2.66. The summed E-state index contributed by atoms with van der Waals surface area (Å²) in [6.07, 6.45) is 0. The zero-order valence-corrected chi connectivity index (χ0v) is 12.4. The van der Waals surface area contributed by atoms with Gasteiger partial charge < -0.3 is 5.32 Å². The molecule has 3 rings (SSSR count). The standard InChI is InChI=1S/C18H15ClFN/c1-12(21-14-9-10-17(19)18(20)11-14)15-8-4-6-13-5-2-3-7-16(13)15/h2-12,21H,1H3. The van der Waals surface area contributed by atoms with E-state index in [1.54, 1.807) is 12.1 Å². The molecule has 0 aliphatic rings. The van der Waals surface area contributed by atoms with Crippen molar-refractivity contribution in [2.24, 2.45) is 0 Å². The topological polar surface area (TPSA) is 12.0 Å². The van der Waals surface area contributed by atoms with Gasteiger partial charge in [-0.2, -0.15) is 0 Å². The van der Waals surface area contributed by atoms with Crippen molar-refractivity contribution in [1.82, 2.24) is 0 Å². The molecule has 0 radical (unpaired) electrons. The van der Waals surface area contributed by atoms with Gasteiger partial charge in [0.15, 0.2) is 0 Å². The predicted molar refractivity (Wildman–Crippen MR) is 87.4 cm³/mol. The Bertz CT molecular complexity index is 780. The summed E-state index contributed by atoms with van der Waals surface area (Å²) in [5, 5.41) is 5.86. The SMILES string of the molecule is CC(Nc1ccc(Cl)c(F)c1)c1cccc2ccccc12. The highest BCUT2D eigenvalue weighted by atomic mass is 35.5. The highest BCUT2D eigenvalue weighted by Crippen LogP contribution is 2.28. The average molecular weight is 300 g/mol. The minimum Gasteiger partial charge on any atom is -0.378 e. The molecule has 1 nitrogen and oxygen atoms in total. The Balaban J connectivity index is 1.93. The van der Waals surface area contributed by atoms with Crippen molar-refractivity contribution in [1.29, 1.82) is 0 Å². The van der Waals surface area contributed by atoms with E-state index < -0.39 is 5.82 Å². The van der Waals surface area contributed by atoms with Crippen LogP contribution in [0.3, 0.4) is 0 Å². The monoisotopic (exact) mass is 299 g/mol. The van der Waals surface area contributed by atoms with Gasteiger partial charge in [-0.3, -0.25) is 0 Å². The number of hydrogen-bond donors (Lipinski definition) is 1. The van der Waals surface area contributed by atoms with Gasteiger partial charge in [-0.25, -0.2) is 4.39 Å². The molecule has 3 heteroatoms. The number of fused-ring (bicyclic) bond motifs is 1. The summed E-state index contributed by atoms with van der Waals surface area (Å²) in [4.78, 5) is 0. The lowest BCUT2D eigenvalue weighted by atomic mass is 9.99. The molecular formula is C18H15ClFN. The Morgan fingerprint density at radius 3 is 2.57 bits per heavy atom. The Hall–Kier alpha value is -2.06. The van der Waals surface area contributed by atoms with Gasteiger partial charge in [-0.1, -0.05) is 54.1 Å². The van der Waals surface area contributed by atoms with Crippen molar-refractivity contribution in [2.45, 2.75) is 13.0 Å². The van der Waals surface area contributed by atoms with Gasteiger partial charge >= 0.3 is 0 Å². The molecule has 1 unspecified atom stereocenters. The molecule has 21 heavy (non-hydrogen) atoms. The zero-order chi connectivity index (χ0) is 14.8. The van der Waals surface area contributed by atoms with E-state index in [4.69, 9.17) is 11.6 Å². The molecule has 0 bridgehead atoms. The van der Waals surface area contributed by atoms with E-state index in [1.165, 1.54) is 22.4 Å². The van der Waals surface area contributed by atoms with Gasteiger partial charge in [0.2, 0.25) is 0 Å². The van der Waals surface area contributed by atoms with Crippen LogP contribution in [0.2, 0.25) is 5.02 Å². The van der Waals surface area contributed by atoms with Gasteiger partial charge in [0, 0.05) is 11.7 Å². The first-order valence-electron chi connectivity index (χ1n) is 6.84. The first kappa shape index (κ1) is 13.9. The van der Waals surface area contributed by atoms with E-state index in [1.807, 2.05) is 18.2 Å². The summed E-state index contributed by atoms with van der Waals surface area (Å²) in [7, 11) is 0. The summed E-state index contributed by atoms with van der Waals surface area (Å²) >= 11 is 5.71. The lowest BCUT2D eigenvalue weighted by molar-refractivity contribution is 0.628. The number of hydrogen-bond acceptors (Lipinski definition) is 1. The summed E-state index contributed by atoms with van der Waals surface area (Å²) in [5.41, 5.74) is 1.90. The lowest BCUT2D eigenvalue weighted by Crippen LogP contribution is -2.07. The predicted octanol–water partition coefficient (Wildman–Crippen LogP) is 5.81. The Morgan fingerprint density at radius 1 is 1.00 bits per heavy atom. The molecule has 0 spiro atoms. The van der Waals surface area contributed by atoms with Crippen LogP contribution in [0.25, 0.3) is 10.8 Å². The molecule has 3 aromatic rings. The van der Waals surface area contributed by atoms with Crippen LogP contribution >= 0.6 is 11.6 Å². The van der Waals surface area contributed by atoms with E-state index in [0.29, 0.717) is 0 Å². The second kappa shape index (κ2) is 5.74. The summed E-state index contributed by atoms with van der Waals surface area (Å²) in [6, 6.07) is 19.3. The minimum atomic E-state index is -0.410. The Morgan fingerprint density at radius 2 is 1.76 bits per heavy atom. The van der Waals surface area contributed by atoms with E-state index >= 15 is 0 Å². The van der Waals surface area contributed by atoms with Gasteiger partial charge in [-0.15, -0.1) is 0 Å². The van der Waals surface area contributed by atoms with E-state index in [9.17, 15) is 4.39 Å². The van der Waals surface area contributed by atoms with Gasteiger partial charge in [0.25, 0.3) is 0 Å². The van der Waals surface area contributed by atoms with Crippen molar-refractivity contribution in [3.8, 4) is 0 Å². The fraction of sp³-hybridized carbons (Fsp3) is 0.111. The van der Waals surface area contributed by atoms with Crippen LogP contribution in [0.15, 0.2) is 60.7 Å². The van der Waals surface area contributed by atoms with Gasteiger partial charge in [0.1, 0.15) is 5.82 Å². The Kier molecular flexibility index (Phi) is 3.80. The van der Waals surface area contributed by atoms with Crippen molar-refractivity contribution in [2.75, 3.05) is 5.32 Å². The fourth-order valence-electron chi connectivity index (χ4n) is 2.54. The summed E-state index contributed by atoms with van der Waals surface area (Å²) in [6.45, 7) is 2.06. The molecule has 1 atom stereocenters. The average Bonchev–Trinajstić information content (AvgIpc) is 2.50. The summed E-state index contributed by atoms with van der Waals surface area (Å²) < 4.78 is 13.5. The maximum absolute atomic E-state index is 13.5. The molecule has 0 aliphatic heterocycles. The van der Waals surface area contributed by atoms with Crippen molar-refractivity contribution in [3.63, 3.8) is 0 Å². The summed E-state index contributed by atoms with van der Waals surface area (Å²) in [5.74, 6) is -0.410. The molecule has 1 N–H and O–H groups in total. The molecular weight excluding hydrogens is 285 g/mol. The van der Waals surface area contributed by atoms with Crippen molar-refractivity contribution >= 4 is 28.1 Å². The largest absolute Gasteiger partial charge is 0.378 e. The van der Waals surface area contributed by atoms with Crippen LogP contribution < -0.4 is 5.32 Å². The zero-order valence-electron chi connectivity index (χ0n) is 11.6. The van der Waals surface area contributed by atoms with Crippen LogP contribution in [0, 0.1) is 5.82 Å². The third-order valence-corrected chi connectivity index (χ3v) is 3.90. The molecule has 0 saturated heterocycles. The minimum absolute atomic E-state index is 0.0664. The number of nitrogens with one attached hydrogen (secondary N) is 1. The van der Waals surface area contributed by atoms with E-state index in [-0.39, 0.29) is 11.1 Å². The normalized spacial score (nSPS) is 12.3. The lowest BCUT2D eigenvalue weighted by Gasteiger charge is -2.18. The Labute approximate surface area is 128 Å². The van der Waals surface area contributed by atoms with Crippen LogP contribution in [0.5, 0.6) is 0 Å². The second-order valence-electron chi connectivity index (χ2n) is 5.06. The van der Waals surface area contributed by atoms with Crippen LogP contribution in [0.4, 0.5) is 10.1 Å². The molecule has 106 valence electrons. The molecule has 0 heterocycles. The number of anilines is 1. The quantitative estimate of drug-likeness (QED) is 0.644. The van der Waals surface area contributed by atoms with Gasteiger partial charge in [-0.05, 0) is 41.5 Å². The van der Waals surface area contributed by atoms with Crippen LogP contribution in [-0.2, 0) is 0 Å². The number of benzene rings is 3. The second-order valence-corrected chi connectivity index (χ2v) is 5.47. The van der Waals surface area contributed by atoms with Crippen molar-refractivity contribution in [3.05, 3.63) is 77.1 Å². The number of halogens is 2. The first-order valence-corrected chi connectivity index (χ1v) is 7.22. The first-order chi connectivity index (χ1) is 10.1. The molecule has 0 aromatic heterocycles. The highest BCUT2D eigenvalue weighted by Gasteiger charge is 2.10. The molecule has 0 saturated carbocycles. The molecule has 0 aliphatic carbocycles. The molecule has 0 amide bonds. The smallest absolute Gasteiger partial charge is 0.143 e. The van der Waals surface area contributed by atoms with E-state index in [0.717, 1.165) is 5.69 Å². The van der Waals surface area contributed by atoms with Crippen molar-refractivity contribution < 1.29 is 4.39 Å². The highest BCUT2D eigenvalue weighted by molar-refractivity contribution is 6.30. The van der Waals surface area contributed by atoms with E-state index in [2.05, 4.69) is 36.5 Å². The molecule has 3 aromatic carbocycles. The molecule has 0 fully saturated rings. The third kappa shape index (κ3) is 2.86. The maximum atomic E-state index is 13.5. The number of rotatable bonds is 3. The van der Waals surface area contributed by atoms with Crippen LogP contribution in [-0.4, -0.2) is 0 Å². The third-order valence-electron chi connectivity index (χ3n) is 3.59. The van der Waals surface area contributed by atoms with Gasteiger partial charge in [0.05, 0.1) is 5.02 Å². The van der Waals surface area contributed by atoms with Crippen LogP contribution in [0.1, 0.15) is 18.5 Å².